The Hall–Kier alpha value is -4.48. The van der Waals surface area contributed by atoms with Crippen molar-refractivity contribution in [2.75, 3.05) is 51.9 Å². The van der Waals surface area contributed by atoms with Gasteiger partial charge in [0.05, 0.1) is 44.2 Å². The highest BCUT2D eigenvalue weighted by Crippen LogP contribution is 2.37. The van der Waals surface area contributed by atoms with E-state index in [2.05, 4.69) is 20.5 Å². The van der Waals surface area contributed by atoms with Crippen molar-refractivity contribution in [3.05, 3.63) is 84.1 Å². The molecule has 5 rings (SSSR count). The number of halogens is 2. The van der Waals surface area contributed by atoms with Crippen LogP contribution < -0.4 is 24.8 Å². The van der Waals surface area contributed by atoms with Gasteiger partial charge in [-0.3, -0.25) is 9.88 Å². The molecule has 9 nitrogen and oxygen atoms in total. The highest BCUT2D eigenvalue weighted by molar-refractivity contribution is 5.90. The van der Waals surface area contributed by atoms with Crippen LogP contribution in [0.4, 0.5) is 19.3 Å². The number of benzene rings is 3. The molecule has 0 bridgehead atoms. The fourth-order valence-corrected chi connectivity index (χ4v) is 4.76. The smallest absolute Gasteiger partial charge is 0.319 e. The lowest BCUT2D eigenvalue weighted by molar-refractivity contribution is 0.0357. The Bertz CT molecular complexity index is 1550. The number of nitrogens with one attached hydrogen (secondary N) is 2. The molecular formula is C32H34F2N4O5. The molecule has 1 saturated heterocycles. The van der Waals surface area contributed by atoms with Gasteiger partial charge in [-0.15, -0.1) is 0 Å². The Kier molecular flexibility index (Phi) is 9.85. The van der Waals surface area contributed by atoms with Gasteiger partial charge >= 0.3 is 6.03 Å². The number of carbonyl (C=O) groups is 1. The first-order chi connectivity index (χ1) is 20.9. The average molecular weight is 593 g/mol. The third kappa shape index (κ3) is 7.88. The highest BCUT2D eigenvalue weighted by Gasteiger charge is 2.16. The number of aromatic nitrogens is 1. The summed E-state index contributed by atoms with van der Waals surface area (Å²) in [5.41, 5.74) is 1.32. The number of urea groups is 1. The van der Waals surface area contributed by atoms with E-state index in [0.29, 0.717) is 40.3 Å². The van der Waals surface area contributed by atoms with Gasteiger partial charge < -0.3 is 29.6 Å². The zero-order valence-electron chi connectivity index (χ0n) is 24.1. The number of fused-ring (bicyclic) bond motifs is 1. The number of carbonyl (C=O) groups excluding carboxylic acids is 1. The van der Waals surface area contributed by atoms with Crippen LogP contribution in [0.3, 0.4) is 0 Å². The van der Waals surface area contributed by atoms with Crippen LogP contribution in [0.25, 0.3) is 10.9 Å². The first-order valence-electron chi connectivity index (χ1n) is 14.1. The molecule has 1 aromatic heterocycles. The maximum atomic E-state index is 14.9. The molecule has 1 atom stereocenters. The van der Waals surface area contributed by atoms with Gasteiger partial charge in [0.25, 0.3) is 0 Å². The monoisotopic (exact) mass is 592 g/mol. The van der Waals surface area contributed by atoms with Crippen LogP contribution >= 0.6 is 0 Å². The molecule has 1 aliphatic rings. The van der Waals surface area contributed by atoms with Crippen molar-refractivity contribution in [3.63, 3.8) is 0 Å². The number of hydrogen-bond acceptors (Lipinski definition) is 7. The van der Waals surface area contributed by atoms with E-state index in [1.165, 1.54) is 24.3 Å². The number of anilines is 1. The molecule has 0 radical (unpaired) electrons. The van der Waals surface area contributed by atoms with Gasteiger partial charge in [-0.25, -0.2) is 13.6 Å². The standard InChI is InChI=1S/C32H34F2N4O5/c1-21(22-4-6-23(33)7-5-22)36-32(39)37-27-9-8-24(18-26(27)34)43-29-10-11-35-28-20-31(30(40-2)19-25(28)29)42-15-3-12-38-13-16-41-17-14-38/h4-11,18-21H,3,12-17H2,1-2H3,(H2,36,37,39). The van der Waals surface area contributed by atoms with Gasteiger partial charge in [0.1, 0.15) is 23.1 Å². The summed E-state index contributed by atoms with van der Waals surface area (Å²) < 4.78 is 51.1. The first kappa shape index (κ1) is 30.0. The maximum absolute atomic E-state index is 14.9. The second-order valence-electron chi connectivity index (χ2n) is 10.1. The summed E-state index contributed by atoms with van der Waals surface area (Å²) in [7, 11) is 1.57. The van der Waals surface area contributed by atoms with Crippen molar-refractivity contribution in [2.45, 2.75) is 19.4 Å². The van der Waals surface area contributed by atoms with Crippen LogP contribution in [0.2, 0.25) is 0 Å². The molecule has 1 fully saturated rings. The largest absolute Gasteiger partial charge is 0.493 e. The second kappa shape index (κ2) is 14.1. The number of nitrogens with zero attached hydrogens (tertiary/aromatic N) is 2. The lowest BCUT2D eigenvalue weighted by Gasteiger charge is -2.26. The number of rotatable bonds is 11. The second-order valence-corrected chi connectivity index (χ2v) is 10.1. The number of ether oxygens (including phenoxy) is 4. The summed E-state index contributed by atoms with van der Waals surface area (Å²) in [5.74, 6) is 0.753. The lowest BCUT2D eigenvalue weighted by atomic mass is 10.1. The Balaban J connectivity index is 1.22. The fourth-order valence-electron chi connectivity index (χ4n) is 4.76. The molecule has 3 aromatic carbocycles. The van der Waals surface area contributed by atoms with E-state index in [1.54, 1.807) is 56.6 Å². The predicted molar refractivity (Wildman–Crippen MR) is 159 cm³/mol. The fraction of sp³-hybridized carbons (Fsp3) is 0.312. The summed E-state index contributed by atoms with van der Waals surface area (Å²) >= 11 is 0. The van der Waals surface area contributed by atoms with Gasteiger partial charge in [-0.2, -0.15) is 0 Å². The van der Waals surface area contributed by atoms with Crippen molar-refractivity contribution < 1.29 is 32.5 Å². The van der Waals surface area contributed by atoms with Crippen LogP contribution in [0, 0.1) is 11.6 Å². The Morgan fingerprint density at radius 3 is 2.56 bits per heavy atom. The minimum Gasteiger partial charge on any atom is -0.493 e. The molecule has 11 heteroatoms. The van der Waals surface area contributed by atoms with Crippen LogP contribution in [-0.2, 0) is 4.74 Å². The molecule has 0 spiro atoms. The SMILES string of the molecule is COc1cc2c(Oc3ccc(NC(=O)NC(C)c4ccc(F)cc4)c(F)c3)ccnc2cc1OCCCN1CCOCC1. The number of amides is 2. The average Bonchev–Trinajstić information content (AvgIpc) is 3.01. The molecule has 0 aliphatic carbocycles. The van der Waals surface area contributed by atoms with Crippen molar-refractivity contribution in [1.29, 1.82) is 0 Å². The van der Waals surface area contributed by atoms with Gasteiger partial charge in [-0.1, -0.05) is 12.1 Å². The molecule has 2 N–H and O–H groups in total. The predicted octanol–water partition coefficient (Wildman–Crippen LogP) is 6.30. The zero-order valence-corrected chi connectivity index (χ0v) is 24.1. The Morgan fingerprint density at radius 1 is 1.02 bits per heavy atom. The van der Waals surface area contributed by atoms with Crippen LogP contribution in [0.5, 0.6) is 23.0 Å². The van der Waals surface area contributed by atoms with Crippen LogP contribution in [-0.4, -0.2) is 62.5 Å². The van der Waals surface area contributed by atoms with Gasteiger partial charge in [0.2, 0.25) is 0 Å². The molecular weight excluding hydrogens is 558 g/mol. The van der Waals surface area contributed by atoms with Crippen molar-refractivity contribution >= 4 is 22.6 Å². The first-order valence-corrected chi connectivity index (χ1v) is 14.1. The Labute approximate surface area is 248 Å². The summed E-state index contributed by atoms with van der Waals surface area (Å²) in [6, 6.07) is 14.2. The number of morpholine rings is 1. The quantitative estimate of drug-likeness (QED) is 0.198. The molecule has 4 aromatic rings. The third-order valence-corrected chi connectivity index (χ3v) is 7.10. The van der Waals surface area contributed by atoms with Crippen LogP contribution in [0.15, 0.2) is 66.9 Å². The number of methoxy groups -OCH3 is 1. The molecule has 0 saturated carbocycles. The lowest BCUT2D eigenvalue weighted by Crippen LogP contribution is -2.37. The van der Waals surface area contributed by atoms with E-state index in [9.17, 15) is 13.6 Å². The van der Waals surface area contributed by atoms with E-state index in [1.807, 2.05) is 0 Å². The van der Waals surface area contributed by atoms with Crippen molar-refractivity contribution in [1.82, 2.24) is 15.2 Å². The normalized spacial score (nSPS) is 14.2. The molecule has 43 heavy (non-hydrogen) atoms. The third-order valence-electron chi connectivity index (χ3n) is 7.10. The summed E-state index contributed by atoms with van der Waals surface area (Å²) in [6.07, 6.45) is 2.47. The molecule has 1 aliphatic heterocycles. The number of hydrogen-bond donors (Lipinski definition) is 2. The van der Waals surface area contributed by atoms with Crippen LogP contribution in [0.1, 0.15) is 24.9 Å². The van der Waals surface area contributed by atoms with Crippen molar-refractivity contribution in [2.24, 2.45) is 0 Å². The number of pyridine rings is 1. The zero-order chi connectivity index (χ0) is 30.2. The minimum absolute atomic E-state index is 0.0205. The highest BCUT2D eigenvalue weighted by atomic mass is 19.1. The van der Waals surface area contributed by atoms with Gasteiger partial charge in [0.15, 0.2) is 11.5 Å². The summed E-state index contributed by atoms with van der Waals surface area (Å²) in [5, 5.41) is 5.87. The van der Waals surface area contributed by atoms with E-state index >= 15 is 0 Å². The van der Waals surface area contributed by atoms with E-state index in [0.717, 1.165) is 39.3 Å². The summed E-state index contributed by atoms with van der Waals surface area (Å²) in [6.45, 7) is 6.60. The van der Waals surface area contributed by atoms with Crippen molar-refractivity contribution in [3.8, 4) is 23.0 Å². The summed E-state index contributed by atoms with van der Waals surface area (Å²) in [4.78, 5) is 19.3. The van der Waals surface area contributed by atoms with E-state index in [4.69, 9.17) is 18.9 Å². The maximum Gasteiger partial charge on any atom is 0.319 e. The molecule has 2 amide bonds. The van der Waals surface area contributed by atoms with E-state index < -0.39 is 17.9 Å². The van der Waals surface area contributed by atoms with Gasteiger partial charge in [-0.05, 0) is 55.3 Å². The minimum atomic E-state index is -0.675. The molecule has 2 heterocycles. The molecule has 1 unspecified atom stereocenters. The topological polar surface area (TPSA) is 94.2 Å². The van der Waals surface area contributed by atoms with Gasteiger partial charge in [0, 0.05) is 43.4 Å². The molecule has 226 valence electrons. The Morgan fingerprint density at radius 2 is 1.81 bits per heavy atom. The van der Waals surface area contributed by atoms with E-state index in [-0.39, 0.29) is 17.3 Å².